The van der Waals surface area contributed by atoms with Gasteiger partial charge >= 0.3 is 6.36 Å². The van der Waals surface area contributed by atoms with Crippen molar-refractivity contribution >= 4 is 5.91 Å². The first-order valence-corrected chi connectivity index (χ1v) is 7.59. The van der Waals surface area contributed by atoms with Crippen molar-refractivity contribution in [3.8, 4) is 5.75 Å². The van der Waals surface area contributed by atoms with Crippen LogP contribution in [0.15, 0.2) is 24.3 Å². The molecule has 0 aromatic heterocycles. The van der Waals surface area contributed by atoms with Crippen molar-refractivity contribution in [1.29, 1.82) is 0 Å². The summed E-state index contributed by atoms with van der Waals surface area (Å²) in [6.45, 7) is 0.187. The summed E-state index contributed by atoms with van der Waals surface area (Å²) in [6.07, 6.45) is -0.521. The van der Waals surface area contributed by atoms with E-state index in [1.807, 2.05) is 0 Å². The van der Waals surface area contributed by atoms with Gasteiger partial charge in [0, 0.05) is 13.6 Å². The SMILES string of the molecule is CN(Cc1cccc(OC(F)(F)F)c1)C(=O)C1(N)CCCCC1. The standard InChI is InChI=1S/C16H21F3N2O2/c1-21(14(22)15(20)8-3-2-4-9-15)11-12-6-5-7-13(10-12)23-16(17,18)19/h5-7,10H,2-4,8-9,11,20H2,1H3. The average Bonchev–Trinajstić information content (AvgIpc) is 2.45. The van der Waals surface area contributed by atoms with Crippen LogP contribution < -0.4 is 10.5 Å². The van der Waals surface area contributed by atoms with Crippen LogP contribution in [0.3, 0.4) is 0 Å². The quantitative estimate of drug-likeness (QED) is 0.922. The van der Waals surface area contributed by atoms with Crippen LogP contribution in [0.25, 0.3) is 0 Å². The number of likely N-dealkylation sites (N-methyl/N-ethyl adjacent to an activating group) is 1. The number of carbonyl (C=O) groups is 1. The zero-order valence-electron chi connectivity index (χ0n) is 13.0. The molecule has 1 fully saturated rings. The molecule has 0 unspecified atom stereocenters. The topological polar surface area (TPSA) is 55.6 Å². The summed E-state index contributed by atoms with van der Waals surface area (Å²) in [5.41, 5.74) is 5.91. The maximum atomic E-state index is 12.5. The van der Waals surface area contributed by atoms with Crippen molar-refractivity contribution < 1.29 is 22.7 Å². The van der Waals surface area contributed by atoms with Gasteiger partial charge in [0.05, 0.1) is 5.54 Å². The molecule has 1 saturated carbocycles. The predicted molar refractivity (Wildman–Crippen MR) is 79.6 cm³/mol. The normalized spacial score (nSPS) is 17.6. The first-order chi connectivity index (χ1) is 10.7. The van der Waals surface area contributed by atoms with Gasteiger partial charge in [-0.25, -0.2) is 0 Å². The van der Waals surface area contributed by atoms with Crippen LogP contribution in [-0.2, 0) is 11.3 Å². The highest BCUT2D eigenvalue weighted by atomic mass is 19.4. The number of halogens is 3. The molecule has 7 heteroatoms. The van der Waals surface area contributed by atoms with E-state index in [9.17, 15) is 18.0 Å². The summed E-state index contributed by atoms with van der Waals surface area (Å²) >= 11 is 0. The van der Waals surface area contributed by atoms with Gasteiger partial charge in [-0.3, -0.25) is 4.79 Å². The second-order valence-corrected chi connectivity index (χ2v) is 6.07. The fraction of sp³-hybridized carbons (Fsp3) is 0.562. The Morgan fingerprint density at radius 3 is 2.57 bits per heavy atom. The lowest BCUT2D eigenvalue weighted by atomic mass is 9.81. The van der Waals surface area contributed by atoms with Gasteiger partial charge in [0.2, 0.25) is 5.91 Å². The molecule has 1 amide bonds. The Morgan fingerprint density at radius 2 is 1.96 bits per heavy atom. The van der Waals surface area contributed by atoms with Gasteiger partial charge in [-0.05, 0) is 30.5 Å². The van der Waals surface area contributed by atoms with Crippen LogP contribution in [0.2, 0.25) is 0 Å². The van der Waals surface area contributed by atoms with Crippen LogP contribution in [0.1, 0.15) is 37.7 Å². The number of nitrogens with zero attached hydrogens (tertiary/aromatic N) is 1. The first kappa shape index (κ1) is 17.6. The predicted octanol–water partition coefficient (Wildman–Crippen LogP) is 3.21. The molecule has 1 aliphatic rings. The van der Waals surface area contributed by atoms with Gasteiger partial charge in [0.1, 0.15) is 5.75 Å². The summed E-state index contributed by atoms with van der Waals surface area (Å²) in [6, 6.07) is 5.62. The van der Waals surface area contributed by atoms with E-state index in [4.69, 9.17) is 5.73 Å². The number of carbonyl (C=O) groups excluding carboxylic acids is 1. The van der Waals surface area contributed by atoms with Crippen LogP contribution in [-0.4, -0.2) is 29.8 Å². The molecule has 1 aromatic rings. The molecule has 0 spiro atoms. The van der Waals surface area contributed by atoms with Crippen LogP contribution in [0.5, 0.6) is 5.75 Å². The molecule has 4 nitrogen and oxygen atoms in total. The molecular weight excluding hydrogens is 309 g/mol. The first-order valence-electron chi connectivity index (χ1n) is 7.59. The second kappa shape index (κ2) is 6.78. The van der Waals surface area contributed by atoms with E-state index in [2.05, 4.69) is 4.74 Å². The molecule has 0 bridgehead atoms. The van der Waals surface area contributed by atoms with E-state index < -0.39 is 11.9 Å². The van der Waals surface area contributed by atoms with E-state index in [-0.39, 0.29) is 18.2 Å². The summed E-state index contributed by atoms with van der Waals surface area (Å²) in [5, 5.41) is 0. The fourth-order valence-electron chi connectivity index (χ4n) is 2.96. The van der Waals surface area contributed by atoms with Gasteiger partial charge in [-0.2, -0.15) is 0 Å². The number of alkyl halides is 3. The smallest absolute Gasteiger partial charge is 0.406 e. The zero-order valence-corrected chi connectivity index (χ0v) is 13.0. The summed E-state index contributed by atoms with van der Waals surface area (Å²) in [7, 11) is 1.61. The highest BCUT2D eigenvalue weighted by Gasteiger charge is 2.37. The molecule has 0 saturated heterocycles. The van der Waals surface area contributed by atoms with Crippen molar-refractivity contribution in [2.45, 2.75) is 50.6 Å². The van der Waals surface area contributed by atoms with Crippen LogP contribution >= 0.6 is 0 Å². The number of amides is 1. The molecule has 0 radical (unpaired) electrons. The highest BCUT2D eigenvalue weighted by Crippen LogP contribution is 2.28. The van der Waals surface area contributed by atoms with Gasteiger partial charge in [0.25, 0.3) is 0 Å². The Bertz CT molecular complexity index is 555. The highest BCUT2D eigenvalue weighted by molar-refractivity contribution is 5.86. The number of benzene rings is 1. The lowest BCUT2D eigenvalue weighted by Crippen LogP contribution is -2.55. The van der Waals surface area contributed by atoms with E-state index in [1.54, 1.807) is 13.1 Å². The minimum absolute atomic E-state index is 0.167. The molecule has 23 heavy (non-hydrogen) atoms. The molecule has 0 atom stereocenters. The lowest BCUT2D eigenvalue weighted by molar-refractivity contribution is -0.274. The molecular formula is C16H21F3N2O2. The van der Waals surface area contributed by atoms with E-state index in [0.717, 1.165) is 19.3 Å². The van der Waals surface area contributed by atoms with Gasteiger partial charge in [-0.15, -0.1) is 13.2 Å². The number of ether oxygens (including phenoxy) is 1. The fourth-order valence-corrected chi connectivity index (χ4v) is 2.96. The number of rotatable bonds is 4. The largest absolute Gasteiger partial charge is 0.573 e. The van der Waals surface area contributed by atoms with Gasteiger partial charge in [-0.1, -0.05) is 31.4 Å². The Hall–Kier alpha value is -1.76. The minimum Gasteiger partial charge on any atom is -0.406 e. The monoisotopic (exact) mass is 330 g/mol. The average molecular weight is 330 g/mol. The van der Waals surface area contributed by atoms with Crippen molar-refractivity contribution in [1.82, 2.24) is 4.90 Å². The number of nitrogens with two attached hydrogens (primary N) is 1. The Labute approximate surface area is 133 Å². The minimum atomic E-state index is -4.73. The Balaban J connectivity index is 2.03. The number of hydrogen-bond acceptors (Lipinski definition) is 3. The van der Waals surface area contributed by atoms with E-state index in [0.29, 0.717) is 18.4 Å². The van der Waals surface area contributed by atoms with E-state index >= 15 is 0 Å². The Morgan fingerprint density at radius 1 is 1.30 bits per heavy atom. The maximum Gasteiger partial charge on any atom is 0.573 e. The van der Waals surface area contributed by atoms with Crippen molar-refractivity contribution in [2.24, 2.45) is 5.73 Å². The summed E-state index contributed by atoms with van der Waals surface area (Å²) in [4.78, 5) is 14.0. The van der Waals surface area contributed by atoms with Crippen molar-refractivity contribution in [3.05, 3.63) is 29.8 Å². The van der Waals surface area contributed by atoms with Crippen LogP contribution in [0, 0.1) is 0 Å². The summed E-state index contributed by atoms with van der Waals surface area (Å²) in [5.74, 6) is -0.463. The lowest BCUT2D eigenvalue weighted by Gasteiger charge is -2.35. The van der Waals surface area contributed by atoms with E-state index in [1.165, 1.54) is 23.1 Å². The third-order valence-electron chi connectivity index (χ3n) is 4.07. The zero-order chi connectivity index (χ0) is 17.1. The molecule has 0 aliphatic heterocycles. The molecule has 2 rings (SSSR count). The molecule has 2 N–H and O–H groups in total. The van der Waals surface area contributed by atoms with Crippen molar-refractivity contribution in [3.63, 3.8) is 0 Å². The molecule has 0 heterocycles. The molecule has 1 aromatic carbocycles. The van der Waals surface area contributed by atoms with Crippen LogP contribution in [0.4, 0.5) is 13.2 Å². The second-order valence-electron chi connectivity index (χ2n) is 6.07. The van der Waals surface area contributed by atoms with Gasteiger partial charge < -0.3 is 15.4 Å². The van der Waals surface area contributed by atoms with Gasteiger partial charge in [0.15, 0.2) is 0 Å². The number of hydrogen-bond donors (Lipinski definition) is 1. The summed E-state index contributed by atoms with van der Waals surface area (Å²) < 4.78 is 40.7. The molecule has 128 valence electrons. The third-order valence-corrected chi connectivity index (χ3v) is 4.07. The maximum absolute atomic E-state index is 12.5. The molecule has 1 aliphatic carbocycles. The Kier molecular flexibility index (Phi) is 5.19. The third kappa shape index (κ3) is 4.86. The van der Waals surface area contributed by atoms with Crippen molar-refractivity contribution in [2.75, 3.05) is 7.05 Å².